The zero-order valence-electron chi connectivity index (χ0n) is 11.0. The highest BCUT2D eigenvalue weighted by Crippen LogP contribution is 2.27. The van der Waals surface area contributed by atoms with E-state index in [1.165, 1.54) is 0 Å². The molecular weight excluding hydrogens is 268 g/mol. The summed E-state index contributed by atoms with van der Waals surface area (Å²) in [5.41, 5.74) is 0.653. The van der Waals surface area contributed by atoms with E-state index in [9.17, 15) is 4.79 Å². The third kappa shape index (κ3) is 4.91. The van der Waals surface area contributed by atoms with Crippen molar-refractivity contribution in [3.8, 4) is 5.75 Å². The molecule has 1 aromatic rings. The van der Waals surface area contributed by atoms with Crippen molar-refractivity contribution in [1.82, 2.24) is 0 Å². The van der Waals surface area contributed by atoms with Crippen LogP contribution in [0.25, 0.3) is 0 Å². The van der Waals surface area contributed by atoms with Crippen LogP contribution in [0.2, 0.25) is 5.02 Å². The Labute approximate surface area is 118 Å². The molecule has 1 rings (SSSR count). The van der Waals surface area contributed by atoms with Crippen molar-refractivity contribution < 1.29 is 9.53 Å². The van der Waals surface area contributed by atoms with Gasteiger partial charge in [-0.05, 0) is 44.2 Å². The van der Waals surface area contributed by atoms with Crippen LogP contribution < -0.4 is 4.74 Å². The van der Waals surface area contributed by atoms with Gasteiger partial charge in [-0.3, -0.25) is 4.79 Å². The first-order chi connectivity index (χ1) is 8.54. The lowest BCUT2D eigenvalue weighted by Crippen LogP contribution is -2.07. The summed E-state index contributed by atoms with van der Waals surface area (Å²) in [5, 5.41) is 0.495. The van der Waals surface area contributed by atoms with Crippen molar-refractivity contribution in [1.29, 1.82) is 0 Å². The standard InChI is InChI=1S/C14H19ClO2S/c1-4-7-18-9-13(16)11-5-6-14(12(15)8-11)17-10(2)3/h5-6,8,10H,4,7,9H2,1-3H3. The summed E-state index contributed by atoms with van der Waals surface area (Å²) < 4.78 is 5.53. The lowest BCUT2D eigenvalue weighted by molar-refractivity contribution is 0.102. The van der Waals surface area contributed by atoms with Crippen LogP contribution in [-0.4, -0.2) is 23.4 Å². The summed E-state index contributed by atoms with van der Waals surface area (Å²) in [4.78, 5) is 11.9. The van der Waals surface area contributed by atoms with Crippen LogP contribution in [0.3, 0.4) is 0 Å². The fraction of sp³-hybridized carbons (Fsp3) is 0.500. The molecule has 100 valence electrons. The summed E-state index contributed by atoms with van der Waals surface area (Å²) in [6.45, 7) is 5.99. The maximum atomic E-state index is 11.9. The summed E-state index contributed by atoms with van der Waals surface area (Å²) in [6, 6.07) is 5.23. The normalized spacial score (nSPS) is 10.7. The van der Waals surface area contributed by atoms with Crippen molar-refractivity contribution in [2.24, 2.45) is 0 Å². The minimum absolute atomic E-state index is 0.0733. The maximum absolute atomic E-state index is 11.9. The predicted molar refractivity (Wildman–Crippen MR) is 79.2 cm³/mol. The fourth-order valence-corrected chi connectivity index (χ4v) is 2.43. The maximum Gasteiger partial charge on any atom is 0.172 e. The van der Waals surface area contributed by atoms with Gasteiger partial charge in [0.25, 0.3) is 0 Å². The number of ketones is 1. The van der Waals surface area contributed by atoms with Gasteiger partial charge in [0.05, 0.1) is 16.9 Å². The van der Waals surface area contributed by atoms with Gasteiger partial charge in [-0.15, -0.1) is 0 Å². The van der Waals surface area contributed by atoms with E-state index in [0.29, 0.717) is 22.1 Å². The molecule has 0 amide bonds. The quantitative estimate of drug-likeness (QED) is 0.547. The summed E-state index contributed by atoms with van der Waals surface area (Å²) in [7, 11) is 0. The van der Waals surface area contributed by atoms with Gasteiger partial charge in [-0.1, -0.05) is 18.5 Å². The zero-order valence-corrected chi connectivity index (χ0v) is 12.6. The topological polar surface area (TPSA) is 26.3 Å². The van der Waals surface area contributed by atoms with Gasteiger partial charge in [0.15, 0.2) is 5.78 Å². The molecule has 0 aliphatic heterocycles. The van der Waals surface area contributed by atoms with E-state index in [-0.39, 0.29) is 11.9 Å². The molecule has 0 bridgehead atoms. The molecule has 0 saturated heterocycles. The minimum atomic E-state index is 0.0733. The van der Waals surface area contributed by atoms with Gasteiger partial charge >= 0.3 is 0 Å². The number of rotatable bonds is 7. The van der Waals surface area contributed by atoms with Crippen molar-refractivity contribution in [2.45, 2.75) is 33.3 Å². The molecule has 4 heteroatoms. The van der Waals surface area contributed by atoms with Crippen molar-refractivity contribution in [3.63, 3.8) is 0 Å². The highest BCUT2D eigenvalue weighted by Gasteiger charge is 2.10. The van der Waals surface area contributed by atoms with E-state index < -0.39 is 0 Å². The second-order valence-electron chi connectivity index (χ2n) is 4.29. The van der Waals surface area contributed by atoms with E-state index in [1.54, 1.807) is 30.0 Å². The molecule has 18 heavy (non-hydrogen) atoms. The molecule has 0 unspecified atom stereocenters. The number of hydrogen-bond donors (Lipinski definition) is 0. The van der Waals surface area contributed by atoms with Gasteiger partial charge in [-0.2, -0.15) is 11.8 Å². The highest BCUT2D eigenvalue weighted by molar-refractivity contribution is 7.99. The lowest BCUT2D eigenvalue weighted by atomic mass is 10.1. The number of halogens is 1. The van der Waals surface area contributed by atoms with Crippen molar-refractivity contribution in [2.75, 3.05) is 11.5 Å². The Morgan fingerprint density at radius 1 is 1.44 bits per heavy atom. The Balaban J connectivity index is 2.68. The molecule has 0 atom stereocenters. The molecule has 0 aromatic heterocycles. The summed E-state index contributed by atoms with van der Waals surface area (Å²) in [5.74, 6) is 2.26. The SMILES string of the molecule is CCCSCC(=O)c1ccc(OC(C)C)c(Cl)c1. The zero-order chi connectivity index (χ0) is 13.5. The van der Waals surface area contributed by atoms with Gasteiger partial charge < -0.3 is 4.74 Å². The smallest absolute Gasteiger partial charge is 0.172 e. The second kappa shape index (κ2) is 7.70. The van der Waals surface area contributed by atoms with Crippen LogP contribution in [0.15, 0.2) is 18.2 Å². The van der Waals surface area contributed by atoms with Crippen LogP contribution in [0.4, 0.5) is 0 Å². The second-order valence-corrected chi connectivity index (χ2v) is 5.80. The van der Waals surface area contributed by atoms with Gasteiger partial charge in [0.2, 0.25) is 0 Å². The molecule has 0 radical (unpaired) electrons. The Morgan fingerprint density at radius 3 is 2.72 bits per heavy atom. The third-order valence-corrected chi connectivity index (χ3v) is 3.66. The molecule has 1 aromatic carbocycles. The van der Waals surface area contributed by atoms with Gasteiger partial charge in [0, 0.05) is 5.56 Å². The number of ether oxygens (including phenoxy) is 1. The minimum Gasteiger partial charge on any atom is -0.489 e. The third-order valence-electron chi connectivity index (χ3n) is 2.20. The van der Waals surface area contributed by atoms with E-state index in [1.807, 2.05) is 13.8 Å². The van der Waals surface area contributed by atoms with Crippen LogP contribution in [0.5, 0.6) is 5.75 Å². The number of hydrogen-bond acceptors (Lipinski definition) is 3. The molecule has 2 nitrogen and oxygen atoms in total. The van der Waals surface area contributed by atoms with E-state index in [4.69, 9.17) is 16.3 Å². The van der Waals surface area contributed by atoms with E-state index in [2.05, 4.69) is 6.92 Å². The Bertz CT molecular complexity index is 405. The number of carbonyl (C=O) groups is 1. The van der Waals surface area contributed by atoms with Crippen molar-refractivity contribution in [3.05, 3.63) is 28.8 Å². The van der Waals surface area contributed by atoms with Gasteiger partial charge in [-0.25, -0.2) is 0 Å². The van der Waals surface area contributed by atoms with Crippen LogP contribution in [-0.2, 0) is 0 Å². The monoisotopic (exact) mass is 286 g/mol. The van der Waals surface area contributed by atoms with Crippen LogP contribution in [0.1, 0.15) is 37.6 Å². The number of benzene rings is 1. The lowest BCUT2D eigenvalue weighted by Gasteiger charge is -2.11. The molecule has 0 spiro atoms. The number of Topliss-reactive ketones (excluding diaryl/α,β-unsaturated/α-hetero) is 1. The molecule has 0 aliphatic rings. The predicted octanol–water partition coefficient (Wildman–Crippen LogP) is 4.45. The Morgan fingerprint density at radius 2 is 2.17 bits per heavy atom. The molecule has 0 saturated carbocycles. The number of thioether (sulfide) groups is 1. The first kappa shape index (κ1) is 15.4. The average Bonchev–Trinajstić information content (AvgIpc) is 2.31. The molecular formula is C14H19ClO2S. The molecule has 0 fully saturated rings. The Hall–Kier alpha value is -0.670. The first-order valence-electron chi connectivity index (χ1n) is 6.11. The molecule has 0 aliphatic carbocycles. The molecule has 0 N–H and O–H groups in total. The summed E-state index contributed by atoms with van der Waals surface area (Å²) in [6.07, 6.45) is 1.16. The Kier molecular flexibility index (Phi) is 6.58. The average molecular weight is 287 g/mol. The van der Waals surface area contributed by atoms with Crippen molar-refractivity contribution >= 4 is 29.1 Å². The van der Waals surface area contributed by atoms with E-state index >= 15 is 0 Å². The fourth-order valence-electron chi connectivity index (χ4n) is 1.42. The van der Waals surface area contributed by atoms with Crippen LogP contribution >= 0.6 is 23.4 Å². The molecule has 0 heterocycles. The number of carbonyl (C=O) groups excluding carboxylic acids is 1. The first-order valence-corrected chi connectivity index (χ1v) is 7.65. The largest absolute Gasteiger partial charge is 0.489 e. The summed E-state index contributed by atoms with van der Waals surface area (Å²) >= 11 is 7.75. The van der Waals surface area contributed by atoms with Gasteiger partial charge in [0.1, 0.15) is 5.75 Å². The van der Waals surface area contributed by atoms with E-state index in [0.717, 1.165) is 12.2 Å². The highest BCUT2D eigenvalue weighted by atomic mass is 35.5. The van der Waals surface area contributed by atoms with Crippen LogP contribution in [0, 0.1) is 0 Å².